The van der Waals surface area contributed by atoms with Crippen molar-refractivity contribution in [2.24, 2.45) is 5.73 Å². The normalized spacial score (nSPS) is 26.8. The van der Waals surface area contributed by atoms with Crippen LogP contribution in [0.15, 0.2) is 21.9 Å². The van der Waals surface area contributed by atoms with Gasteiger partial charge in [0.05, 0.1) is 12.6 Å². The number of H-pyrrole nitrogens is 1. The molecule has 0 bridgehead atoms. The monoisotopic (exact) mass is 342 g/mol. The average Bonchev–Trinajstić information content (AvgIpc) is 2.87. The number of nitrogens with one attached hydrogen (secondary N) is 2. The largest absolute Gasteiger partial charge is 0.394 e. The summed E-state index contributed by atoms with van der Waals surface area (Å²) in [5, 5.41) is 22.8. The van der Waals surface area contributed by atoms with Gasteiger partial charge in [0.25, 0.3) is 5.56 Å². The van der Waals surface area contributed by atoms with E-state index in [0.717, 1.165) is 25.7 Å². The Labute approximate surface area is 139 Å². The molecule has 0 aliphatic carbocycles. The van der Waals surface area contributed by atoms with Gasteiger partial charge in [-0.05, 0) is 25.9 Å². The summed E-state index contributed by atoms with van der Waals surface area (Å²) in [6, 6.07) is 0.660. The molecule has 1 fully saturated rings. The Bertz CT molecular complexity index is 616. The minimum Gasteiger partial charge on any atom is -0.394 e. The first-order valence-corrected chi connectivity index (χ1v) is 8.27. The molecule has 24 heavy (non-hydrogen) atoms. The van der Waals surface area contributed by atoms with Crippen LogP contribution in [0.5, 0.6) is 0 Å². The van der Waals surface area contributed by atoms with E-state index in [1.54, 1.807) is 0 Å². The fraction of sp³-hybridized carbons (Fsp3) is 0.733. The number of aliphatic hydroxyl groups excluding tert-OH is 2. The first kappa shape index (κ1) is 18.8. The highest BCUT2D eigenvalue weighted by Gasteiger charge is 2.44. The maximum atomic E-state index is 12.0. The summed E-state index contributed by atoms with van der Waals surface area (Å²) in [4.78, 5) is 25.3. The zero-order valence-electron chi connectivity index (χ0n) is 13.6. The van der Waals surface area contributed by atoms with Crippen LogP contribution in [-0.2, 0) is 4.74 Å². The fourth-order valence-electron chi connectivity index (χ4n) is 2.87. The standard InChI is InChI=1S/C15H26N4O5/c16-6-3-1-2-4-7-17-12-13(22)10(9-20)24-14(12)19-8-5-11(21)18-15(19)23/h5,8,10,12-14,17,20,22H,1-4,6-7,9,16H2,(H,18,21,23)/t10-,12-,13-,14-/m1/s1. The molecule has 9 heteroatoms. The van der Waals surface area contributed by atoms with Gasteiger partial charge in [-0.25, -0.2) is 4.79 Å². The first-order chi connectivity index (χ1) is 11.6. The van der Waals surface area contributed by atoms with Gasteiger partial charge in [0.1, 0.15) is 12.2 Å². The van der Waals surface area contributed by atoms with Crippen LogP contribution in [-0.4, -0.2) is 57.7 Å². The van der Waals surface area contributed by atoms with Gasteiger partial charge in [0.15, 0.2) is 6.23 Å². The minimum atomic E-state index is -0.956. The second-order valence-electron chi connectivity index (χ2n) is 5.94. The number of nitrogens with zero attached hydrogens (tertiary/aromatic N) is 1. The number of aromatic nitrogens is 2. The first-order valence-electron chi connectivity index (χ1n) is 8.27. The maximum Gasteiger partial charge on any atom is 0.330 e. The van der Waals surface area contributed by atoms with Crippen LogP contribution < -0.4 is 22.3 Å². The molecule has 1 aromatic heterocycles. The molecule has 0 spiro atoms. The van der Waals surface area contributed by atoms with E-state index in [9.17, 15) is 19.8 Å². The lowest BCUT2D eigenvalue weighted by molar-refractivity contribution is -0.0470. The number of nitrogens with two attached hydrogens (primary N) is 1. The topological polar surface area (TPSA) is 143 Å². The van der Waals surface area contributed by atoms with E-state index in [2.05, 4.69) is 10.3 Å². The van der Waals surface area contributed by atoms with E-state index >= 15 is 0 Å². The van der Waals surface area contributed by atoms with E-state index in [4.69, 9.17) is 10.5 Å². The van der Waals surface area contributed by atoms with Crippen LogP contribution in [0.25, 0.3) is 0 Å². The number of ether oxygens (including phenoxy) is 1. The van der Waals surface area contributed by atoms with Gasteiger partial charge in [-0.1, -0.05) is 12.8 Å². The predicted octanol–water partition coefficient (Wildman–Crippen LogP) is -1.74. The summed E-state index contributed by atoms with van der Waals surface area (Å²) >= 11 is 0. The van der Waals surface area contributed by atoms with Crippen molar-refractivity contribution in [3.63, 3.8) is 0 Å². The summed E-state index contributed by atoms with van der Waals surface area (Å²) in [5.41, 5.74) is 4.33. The van der Waals surface area contributed by atoms with Crippen LogP contribution in [0, 0.1) is 0 Å². The molecule has 1 aromatic rings. The Morgan fingerprint density at radius 3 is 2.71 bits per heavy atom. The van der Waals surface area contributed by atoms with Gasteiger partial charge in [0.2, 0.25) is 0 Å². The molecule has 1 aliphatic heterocycles. The molecular weight excluding hydrogens is 316 g/mol. The van der Waals surface area contributed by atoms with Gasteiger partial charge in [-0.2, -0.15) is 0 Å². The predicted molar refractivity (Wildman–Crippen MR) is 87.6 cm³/mol. The van der Waals surface area contributed by atoms with E-state index in [1.807, 2.05) is 0 Å². The van der Waals surface area contributed by atoms with Crippen molar-refractivity contribution < 1.29 is 14.9 Å². The highest BCUT2D eigenvalue weighted by atomic mass is 16.5. The average molecular weight is 342 g/mol. The molecular formula is C15H26N4O5. The summed E-state index contributed by atoms with van der Waals surface area (Å²) in [7, 11) is 0. The summed E-state index contributed by atoms with van der Waals surface area (Å²) in [6.45, 7) is 0.963. The minimum absolute atomic E-state index is 0.357. The Balaban J connectivity index is 2.04. The molecule has 2 heterocycles. The van der Waals surface area contributed by atoms with Crippen LogP contribution in [0.4, 0.5) is 0 Å². The number of rotatable bonds is 9. The molecule has 0 aromatic carbocycles. The van der Waals surface area contributed by atoms with Crippen molar-refractivity contribution in [3.05, 3.63) is 33.1 Å². The Morgan fingerprint density at radius 1 is 1.29 bits per heavy atom. The van der Waals surface area contributed by atoms with E-state index < -0.39 is 35.7 Å². The number of hydrogen-bond donors (Lipinski definition) is 5. The van der Waals surface area contributed by atoms with E-state index in [-0.39, 0.29) is 6.61 Å². The van der Waals surface area contributed by atoms with Crippen molar-refractivity contribution in [1.82, 2.24) is 14.9 Å². The Hall–Kier alpha value is -1.52. The zero-order chi connectivity index (χ0) is 17.5. The van der Waals surface area contributed by atoms with Crippen LogP contribution in [0.1, 0.15) is 31.9 Å². The molecule has 1 aliphatic rings. The molecule has 4 atom stereocenters. The van der Waals surface area contributed by atoms with Crippen molar-refractivity contribution in [1.29, 1.82) is 0 Å². The maximum absolute atomic E-state index is 12.0. The molecule has 0 saturated carbocycles. The molecule has 1 saturated heterocycles. The lowest BCUT2D eigenvalue weighted by Crippen LogP contribution is -2.46. The van der Waals surface area contributed by atoms with Gasteiger partial charge < -0.3 is 26.0 Å². The number of hydrogen-bond acceptors (Lipinski definition) is 7. The SMILES string of the molecule is NCCCCCCN[C@@H]1[C@H](O)[C@@H](CO)O[C@H]1n1ccc(=O)[nH]c1=O. The second-order valence-corrected chi connectivity index (χ2v) is 5.94. The van der Waals surface area contributed by atoms with Crippen LogP contribution in [0.2, 0.25) is 0 Å². The Morgan fingerprint density at radius 2 is 2.04 bits per heavy atom. The van der Waals surface area contributed by atoms with Crippen molar-refractivity contribution in [2.45, 2.75) is 50.2 Å². The highest BCUT2D eigenvalue weighted by Crippen LogP contribution is 2.28. The van der Waals surface area contributed by atoms with Crippen LogP contribution >= 0.6 is 0 Å². The van der Waals surface area contributed by atoms with Gasteiger partial charge >= 0.3 is 5.69 Å². The number of aliphatic hydroxyl groups is 2. The third-order valence-corrected chi connectivity index (χ3v) is 4.19. The lowest BCUT2D eigenvalue weighted by Gasteiger charge is -2.23. The smallest absolute Gasteiger partial charge is 0.330 e. The van der Waals surface area contributed by atoms with Gasteiger partial charge in [0, 0.05) is 12.3 Å². The lowest BCUT2D eigenvalue weighted by atomic mass is 10.1. The van der Waals surface area contributed by atoms with Crippen LogP contribution in [0.3, 0.4) is 0 Å². The highest BCUT2D eigenvalue weighted by molar-refractivity contribution is 4.96. The van der Waals surface area contributed by atoms with Crippen molar-refractivity contribution in [2.75, 3.05) is 19.7 Å². The summed E-state index contributed by atoms with van der Waals surface area (Å²) in [5.74, 6) is 0. The molecule has 0 unspecified atom stereocenters. The zero-order valence-corrected chi connectivity index (χ0v) is 13.6. The van der Waals surface area contributed by atoms with Gasteiger partial charge in [-0.3, -0.25) is 14.3 Å². The third kappa shape index (κ3) is 4.52. The number of aromatic amines is 1. The third-order valence-electron chi connectivity index (χ3n) is 4.19. The summed E-state index contributed by atoms with van der Waals surface area (Å²) in [6.07, 6.45) is 2.73. The molecule has 6 N–H and O–H groups in total. The second kappa shape index (κ2) is 9.09. The fourth-order valence-corrected chi connectivity index (χ4v) is 2.87. The Kier molecular flexibility index (Phi) is 7.13. The summed E-state index contributed by atoms with van der Waals surface area (Å²) < 4.78 is 6.81. The van der Waals surface area contributed by atoms with Crippen molar-refractivity contribution in [3.8, 4) is 0 Å². The molecule has 0 radical (unpaired) electrons. The molecule has 0 amide bonds. The number of unbranched alkanes of at least 4 members (excludes halogenated alkanes) is 3. The van der Waals surface area contributed by atoms with Crippen molar-refractivity contribution >= 4 is 0 Å². The van der Waals surface area contributed by atoms with Gasteiger partial charge in [-0.15, -0.1) is 0 Å². The molecule has 2 rings (SSSR count). The molecule has 136 valence electrons. The quantitative estimate of drug-likeness (QED) is 0.335. The van der Waals surface area contributed by atoms with E-state index in [1.165, 1.54) is 16.8 Å². The molecule has 9 nitrogen and oxygen atoms in total. The van der Waals surface area contributed by atoms with E-state index in [0.29, 0.717) is 13.1 Å².